The van der Waals surface area contributed by atoms with Gasteiger partial charge in [0, 0.05) is 16.8 Å². The molecule has 1 aliphatic heterocycles. The molecule has 0 aliphatic carbocycles. The van der Waals surface area contributed by atoms with Gasteiger partial charge in [-0.2, -0.15) is 13.2 Å². The van der Waals surface area contributed by atoms with Crippen molar-refractivity contribution < 1.29 is 23.1 Å². The van der Waals surface area contributed by atoms with Gasteiger partial charge in [-0.05, 0) is 35.9 Å². The van der Waals surface area contributed by atoms with Crippen LogP contribution in [-0.4, -0.2) is 11.0 Å². The van der Waals surface area contributed by atoms with Crippen LogP contribution < -0.4 is 5.32 Å². The Morgan fingerprint density at radius 1 is 1.13 bits per heavy atom. The molecule has 0 spiro atoms. The summed E-state index contributed by atoms with van der Waals surface area (Å²) in [5.74, 6) is -0.594. The summed E-state index contributed by atoms with van der Waals surface area (Å²) in [6.07, 6.45) is -2.98. The molecule has 118 valence electrons. The molecular formula is C16H9ClF3NO2. The zero-order chi connectivity index (χ0) is 16.8. The van der Waals surface area contributed by atoms with Crippen LogP contribution in [0.25, 0.3) is 11.6 Å². The molecule has 0 saturated carbocycles. The van der Waals surface area contributed by atoms with Gasteiger partial charge in [0.25, 0.3) is 5.91 Å². The number of benzene rings is 2. The van der Waals surface area contributed by atoms with E-state index in [9.17, 15) is 23.1 Å². The fraction of sp³-hybridized carbons (Fsp3) is 0.0625. The molecule has 0 bridgehead atoms. The average Bonchev–Trinajstić information content (AvgIpc) is 2.77. The molecule has 0 fully saturated rings. The van der Waals surface area contributed by atoms with Crippen molar-refractivity contribution in [1.29, 1.82) is 0 Å². The monoisotopic (exact) mass is 339 g/mol. The van der Waals surface area contributed by atoms with E-state index in [0.29, 0.717) is 11.1 Å². The standard InChI is InChI=1S/C16H9ClF3NO2/c17-12-6-8(1-4-14(12)22)5-11-10-3-2-9(16(18,19)20)7-13(10)21-15(11)23/h1-7,22H,(H,21,23)/b11-5-. The first-order chi connectivity index (χ1) is 10.8. The van der Waals surface area contributed by atoms with Crippen molar-refractivity contribution in [3.8, 4) is 5.75 Å². The van der Waals surface area contributed by atoms with Gasteiger partial charge in [-0.3, -0.25) is 4.79 Å². The highest BCUT2D eigenvalue weighted by molar-refractivity contribution is 6.35. The number of aromatic hydroxyl groups is 1. The molecule has 2 aromatic carbocycles. The van der Waals surface area contributed by atoms with Gasteiger partial charge in [-0.15, -0.1) is 0 Å². The molecule has 2 N–H and O–H groups in total. The Balaban J connectivity index is 2.05. The van der Waals surface area contributed by atoms with Gasteiger partial charge < -0.3 is 10.4 Å². The number of phenolic OH excluding ortho intramolecular Hbond substituents is 1. The molecule has 3 nitrogen and oxygen atoms in total. The van der Waals surface area contributed by atoms with Crippen LogP contribution in [0.3, 0.4) is 0 Å². The lowest BCUT2D eigenvalue weighted by molar-refractivity contribution is -0.137. The van der Waals surface area contributed by atoms with Crippen LogP contribution in [0.5, 0.6) is 5.75 Å². The Bertz CT molecular complexity index is 844. The number of alkyl halides is 3. The van der Waals surface area contributed by atoms with E-state index in [0.717, 1.165) is 12.1 Å². The second-order valence-electron chi connectivity index (χ2n) is 4.98. The molecule has 0 atom stereocenters. The summed E-state index contributed by atoms with van der Waals surface area (Å²) >= 11 is 5.80. The summed E-state index contributed by atoms with van der Waals surface area (Å²) in [5.41, 5.74) is 0.444. The molecule has 1 heterocycles. The molecule has 2 aromatic rings. The first-order valence-electron chi connectivity index (χ1n) is 6.49. The van der Waals surface area contributed by atoms with Gasteiger partial charge in [0.2, 0.25) is 0 Å². The highest BCUT2D eigenvalue weighted by Gasteiger charge is 2.33. The number of fused-ring (bicyclic) bond motifs is 1. The van der Waals surface area contributed by atoms with Crippen molar-refractivity contribution in [2.45, 2.75) is 6.18 Å². The lowest BCUT2D eigenvalue weighted by atomic mass is 10.0. The van der Waals surface area contributed by atoms with E-state index < -0.39 is 17.6 Å². The Morgan fingerprint density at radius 2 is 1.87 bits per heavy atom. The number of halogens is 4. The van der Waals surface area contributed by atoms with Crippen LogP contribution in [0.1, 0.15) is 16.7 Å². The number of hydrogen-bond acceptors (Lipinski definition) is 2. The minimum Gasteiger partial charge on any atom is -0.506 e. The first-order valence-corrected chi connectivity index (χ1v) is 6.87. The summed E-state index contributed by atoms with van der Waals surface area (Å²) in [4.78, 5) is 12.0. The van der Waals surface area contributed by atoms with Crippen LogP contribution in [0.15, 0.2) is 36.4 Å². The smallest absolute Gasteiger partial charge is 0.416 e. The fourth-order valence-electron chi connectivity index (χ4n) is 2.29. The third kappa shape index (κ3) is 2.90. The van der Waals surface area contributed by atoms with E-state index in [-0.39, 0.29) is 22.0 Å². The number of carbonyl (C=O) groups excluding carboxylic acids is 1. The van der Waals surface area contributed by atoms with E-state index in [1.165, 1.54) is 24.3 Å². The lowest BCUT2D eigenvalue weighted by Gasteiger charge is -2.08. The third-order valence-corrected chi connectivity index (χ3v) is 3.72. The SMILES string of the molecule is O=C1Nc2cc(C(F)(F)F)ccc2/C1=C/c1ccc(O)c(Cl)c1. The van der Waals surface area contributed by atoms with Crippen LogP contribution in [-0.2, 0) is 11.0 Å². The van der Waals surface area contributed by atoms with E-state index in [1.807, 2.05) is 0 Å². The normalized spacial score (nSPS) is 15.7. The molecular weight excluding hydrogens is 331 g/mol. The van der Waals surface area contributed by atoms with E-state index in [2.05, 4.69) is 5.32 Å². The number of rotatable bonds is 1. The van der Waals surface area contributed by atoms with E-state index >= 15 is 0 Å². The lowest BCUT2D eigenvalue weighted by Crippen LogP contribution is -2.06. The van der Waals surface area contributed by atoms with Gasteiger partial charge >= 0.3 is 6.18 Å². The molecule has 7 heteroatoms. The van der Waals surface area contributed by atoms with Crippen molar-refractivity contribution >= 4 is 34.8 Å². The predicted molar refractivity (Wildman–Crippen MR) is 81.1 cm³/mol. The van der Waals surface area contributed by atoms with Crippen molar-refractivity contribution in [2.24, 2.45) is 0 Å². The van der Waals surface area contributed by atoms with Crippen LogP contribution in [0.4, 0.5) is 18.9 Å². The van der Waals surface area contributed by atoms with Crippen molar-refractivity contribution in [2.75, 3.05) is 5.32 Å². The first kappa shape index (κ1) is 15.4. The highest BCUT2D eigenvalue weighted by Crippen LogP contribution is 2.38. The molecule has 1 amide bonds. The van der Waals surface area contributed by atoms with Crippen molar-refractivity contribution in [3.63, 3.8) is 0 Å². The zero-order valence-corrected chi connectivity index (χ0v) is 12.2. The third-order valence-electron chi connectivity index (χ3n) is 3.41. The van der Waals surface area contributed by atoms with Gasteiger partial charge in [-0.25, -0.2) is 0 Å². The maximum absolute atomic E-state index is 12.7. The number of carbonyl (C=O) groups is 1. The minimum absolute atomic E-state index is 0.0973. The molecule has 0 aromatic heterocycles. The fourth-order valence-corrected chi connectivity index (χ4v) is 2.48. The summed E-state index contributed by atoms with van der Waals surface area (Å²) in [6.45, 7) is 0. The summed E-state index contributed by atoms with van der Waals surface area (Å²) in [6, 6.07) is 7.45. The second-order valence-corrected chi connectivity index (χ2v) is 5.39. The van der Waals surface area contributed by atoms with Crippen molar-refractivity contribution in [1.82, 2.24) is 0 Å². The molecule has 1 aliphatic rings. The Kier molecular flexibility index (Phi) is 3.56. The summed E-state index contributed by atoms with van der Waals surface area (Å²) < 4.78 is 38.1. The Hall–Kier alpha value is -2.47. The van der Waals surface area contributed by atoms with E-state index in [4.69, 9.17) is 11.6 Å². The number of hydrogen-bond donors (Lipinski definition) is 2. The number of nitrogens with one attached hydrogen (secondary N) is 1. The van der Waals surface area contributed by atoms with Gasteiger partial charge in [0.1, 0.15) is 5.75 Å². The average molecular weight is 340 g/mol. The maximum Gasteiger partial charge on any atom is 0.416 e. The van der Waals surface area contributed by atoms with Gasteiger partial charge in [-0.1, -0.05) is 23.7 Å². The van der Waals surface area contributed by atoms with Crippen LogP contribution in [0, 0.1) is 0 Å². The van der Waals surface area contributed by atoms with Crippen LogP contribution >= 0.6 is 11.6 Å². The Morgan fingerprint density at radius 3 is 2.52 bits per heavy atom. The molecule has 0 radical (unpaired) electrons. The number of anilines is 1. The molecule has 23 heavy (non-hydrogen) atoms. The maximum atomic E-state index is 12.7. The van der Waals surface area contributed by atoms with Crippen LogP contribution in [0.2, 0.25) is 5.02 Å². The topological polar surface area (TPSA) is 49.3 Å². The second kappa shape index (κ2) is 5.31. The van der Waals surface area contributed by atoms with Crippen molar-refractivity contribution in [3.05, 3.63) is 58.1 Å². The Labute approximate surface area is 134 Å². The summed E-state index contributed by atoms with van der Waals surface area (Å²) in [7, 11) is 0. The van der Waals surface area contributed by atoms with Gasteiger partial charge in [0.15, 0.2) is 0 Å². The highest BCUT2D eigenvalue weighted by atomic mass is 35.5. The zero-order valence-electron chi connectivity index (χ0n) is 11.4. The number of amides is 1. The minimum atomic E-state index is -4.48. The quantitative estimate of drug-likeness (QED) is 0.748. The predicted octanol–water partition coefficient (Wildman–Crippen LogP) is 4.56. The van der Waals surface area contributed by atoms with Gasteiger partial charge in [0.05, 0.1) is 10.6 Å². The molecule has 0 unspecified atom stereocenters. The summed E-state index contributed by atoms with van der Waals surface area (Å²) in [5, 5.41) is 11.9. The molecule has 3 rings (SSSR count). The van der Waals surface area contributed by atoms with E-state index in [1.54, 1.807) is 6.07 Å². The molecule has 0 saturated heterocycles. The largest absolute Gasteiger partial charge is 0.506 e. The number of phenols is 1.